The molecule has 0 heterocycles. The Balaban J connectivity index is 2.92. The van der Waals surface area contributed by atoms with E-state index in [1.165, 1.54) is 38.5 Å². The van der Waals surface area contributed by atoms with Crippen molar-refractivity contribution >= 4 is 0 Å². The van der Waals surface area contributed by atoms with Crippen LogP contribution in [0.15, 0.2) is 12.2 Å². The molecule has 0 aliphatic rings. The first-order chi connectivity index (χ1) is 5.91. The molecule has 0 unspecified atom stereocenters. The summed E-state index contributed by atoms with van der Waals surface area (Å²) in [6.45, 7) is 5.94. The van der Waals surface area contributed by atoms with Gasteiger partial charge in [-0.2, -0.15) is 0 Å². The predicted molar refractivity (Wildman–Crippen MR) is 56.8 cm³/mol. The van der Waals surface area contributed by atoms with Gasteiger partial charge in [0.25, 0.3) is 0 Å². The summed E-state index contributed by atoms with van der Waals surface area (Å²) < 4.78 is 0. The highest BCUT2D eigenvalue weighted by molar-refractivity contribution is 4.81. The molecule has 0 atom stereocenters. The van der Waals surface area contributed by atoms with Gasteiger partial charge in [-0.1, -0.05) is 45.3 Å². The molecule has 0 fully saturated rings. The van der Waals surface area contributed by atoms with E-state index in [-0.39, 0.29) is 0 Å². The van der Waals surface area contributed by atoms with Crippen molar-refractivity contribution < 1.29 is 0 Å². The molecule has 0 spiro atoms. The summed E-state index contributed by atoms with van der Waals surface area (Å²) in [6, 6.07) is 0. The summed E-state index contributed by atoms with van der Waals surface area (Å²) in [5.41, 5.74) is 0. The van der Waals surface area contributed by atoms with Gasteiger partial charge in [-0.3, -0.25) is 0 Å². The highest BCUT2D eigenvalue weighted by Crippen LogP contribution is 2.03. The maximum absolute atomic E-state index is 3.81. The molecule has 0 aromatic carbocycles. The summed E-state index contributed by atoms with van der Waals surface area (Å²) in [5, 5.41) is 0. The van der Waals surface area contributed by atoms with Crippen molar-refractivity contribution in [3.8, 4) is 0 Å². The number of hydrogen-bond donors (Lipinski definition) is 0. The minimum Gasteiger partial charge on any atom is -0.0885 e. The normalized spacial score (nSPS) is 11.2. The summed E-state index contributed by atoms with van der Waals surface area (Å²) in [5.74, 6) is 0. The summed E-state index contributed by atoms with van der Waals surface area (Å²) in [4.78, 5) is 0. The third-order valence-electron chi connectivity index (χ3n) is 1.90. The van der Waals surface area contributed by atoms with Crippen molar-refractivity contribution in [2.75, 3.05) is 0 Å². The Morgan fingerprint density at radius 2 is 1.50 bits per heavy atom. The molecule has 0 saturated carbocycles. The van der Waals surface area contributed by atoms with E-state index in [0.29, 0.717) is 0 Å². The van der Waals surface area contributed by atoms with Gasteiger partial charge in [0.15, 0.2) is 0 Å². The zero-order chi connectivity index (χ0) is 9.07. The molecule has 0 aromatic rings. The number of rotatable bonds is 8. The summed E-state index contributed by atoms with van der Waals surface area (Å²) in [7, 11) is 0. The van der Waals surface area contributed by atoms with Crippen LogP contribution in [0.3, 0.4) is 0 Å². The van der Waals surface area contributed by atoms with Crippen LogP contribution in [0.1, 0.15) is 51.9 Å². The van der Waals surface area contributed by atoms with Crippen molar-refractivity contribution in [2.45, 2.75) is 51.9 Å². The van der Waals surface area contributed by atoms with Gasteiger partial charge in [0, 0.05) is 0 Å². The molecule has 70 valence electrons. The van der Waals surface area contributed by atoms with Gasteiger partial charge in [-0.15, -0.1) is 0 Å². The maximum Gasteiger partial charge on any atom is -0.0351 e. The minimum absolute atomic E-state index is 1.06. The molecule has 0 nitrogen and oxygen atoms in total. The van der Waals surface area contributed by atoms with Gasteiger partial charge >= 0.3 is 0 Å². The first kappa shape index (κ1) is 11.7. The Labute approximate surface area is 78.1 Å². The Morgan fingerprint density at radius 3 is 2.08 bits per heavy atom. The van der Waals surface area contributed by atoms with Crippen LogP contribution in [-0.4, -0.2) is 0 Å². The van der Waals surface area contributed by atoms with E-state index in [1.807, 2.05) is 0 Å². The first-order valence-corrected chi connectivity index (χ1v) is 5.14. The Morgan fingerprint density at radius 1 is 0.917 bits per heavy atom. The predicted octanol–water partition coefficient (Wildman–Crippen LogP) is 4.33. The molecule has 0 aliphatic heterocycles. The topological polar surface area (TPSA) is 0 Å². The van der Waals surface area contributed by atoms with Crippen LogP contribution in [0.5, 0.6) is 0 Å². The fraction of sp³-hybridized carbons (Fsp3) is 0.667. The van der Waals surface area contributed by atoms with E-state index in [1.54, 1.807) is 0 Å². The molecule has 2 radical (unpaired) electrons. The molecule has 0 saturated heterocycles. The van der Waals surface area contributed by atoms with Gasteiger partial charge in [0.2, 0.25) is 0 Å². The molecule has 12 heavy (non-hydrogen) atoms. The third-order valence-corrected chi connectivity index (χ3v) is 1.90. The highest BCUT2D eigenvalue weighted by atomic mass is 13.9. The zero-order valence-electron chi connectivity index (χ0n) is 8.39. The van der Waals surface area contributed by atoms with E-state index in [2.05, 4.69) is 32.4 Å². The lowest BCUT2D eigenvalue weighted by Gasteiger charge is -1.93. The van der Waals surface area contributed by atoms with Gasteiger partial charge in [0.05, 0.1) is 0 Å². The van der Waals surface area contributed by atoms with Crippen LogP contribution in [-0.2, 0) is 0 Å². The van der Waals surface area contributed by atoms with Crippen LogP contribution in [0, 0.1) is 13.3 Å². The fourth-order valence-electron chi connectivity index (χ4n) is 1.11. The Kier molecular flexibility index (Phi) is 10.5. The van der Waals surface area contributed by atoms with Crippen molar-refractivity contribution in [1.29, 1.82) is 0 Å². The van der Waals surface area contributed by atoms with Crippen LogP contribution in [0.4, 0.5) is 0 Å². The Bertz CT molecular complexity index is 92.2. The van der Waals surface area contributed by atoms with Gasteiger partial charge in [-0.05, 0) is 32.1 Å². The van der Waals surface area contributed by atoms with E-state index in [4.69, 9.17) is 0 Å². The number of allylic oxidation sites excluding steroid dienone is 2. The van der Waals surface area contributed by atoms with Crippen molar-refractivity contribution in [2.24, 2.45) is 0 Å². The SMILES string of the molecule is [CH2]CCC/C=C/CCCC[CH]C. The average Bonchev–Trinajstić information content (AvgIpc) is 2.10. The molecule has 0 bridgehead atoms. The van der Waals surface area contributed by atoms with E-state index < -0.39 is 0 Å². The molecule has 0 aliphatic carbocycles. The minimum atomic E-state index is 1.06. The van der Waals surface area contributed by atoms with E-state index in [0.717, 1.165) is 6.42 Å². The van der Waals surface area contributed by atoms with Gasteiger partial charge in [-0.25, -0.2) is 0 Å². The Hall–Kier alpha value is -0.260. The van der Waals surface area contributed by atoms with Crippen molar-refractivity contribution in [3.63, 3.8) is 0 Å². The second-order valence-corrected chi connectivity index (χ2v) is 3.16. The lowest BCUT2D eigenvalue weighted by atomic mass is 10.1. The molecule has 0 amide bonds. The van der Waals surface area contributed by atoms with Crippen LogP contribution < -0.4 is 0 Å². The summed E-state index contributed by atoms with van der Waals surface area (Å²) >= 11 is 0. The molecule has 0 aromatic heterocycles. The van der Waals surface area contributed by atoms with Gasteiger partial charge in [0.1, 0.15) is 0 Å². The highest BCUT2D eigenvalue weighted by Gasteiger charge is 1.84. The van der Waals surface area contributed by atoms with Crippen LogP contribution in [0.2, 0.25) is 0 Å². The largest absolute Gasteiger partial charge is 0.0885 e. The zero-order valence-corrected chi connectivity index (χ0v) is 8.39. The smallest absolute Gasteiger partial charge is 0.0351 e. The lowest BCUT2D eigenvalue weighted by Crippen LogP contribution is -1.74. The monoisotopic (exact) mass is 166 g/mol. The third kappa shape index (κ3) is 9.74. The maximum atomic E-state index is 3.81. The van der Waals surface area contributed by atoms with Crippen LogP contribution >= 0.6 is 0 Å². The van der Waals surface area contributed by atoms with E-state index in [9.17, 15) is 0 Å². The van der Waals surface area contributed by atoms with Crippen LogP contribution in [0.25, 0.3) is 0 Å². The second-order valence-electron chi connectivity index (χ2n) is 3.16. The van der Waals surface area contributed by atoms with Gasteiger partial charge < -0.3 is 0 Å². The van der Waals surface area contributed by atoms with Crippen molar-refractivity contribution in [1.82, 2.24) is 0 Å². The average molecular weight is 166 g/mol. The van der Waals surface area contributed by atoms with E-state index >= 15 is 0 Å². The second kappa shape index (κ2) is 10.7. The fourth-order valence-corrected chi connectivity index (χ4v) is 1.11. The molecule has 0 heteroatoms. The number of unbranched alkanes of at least 4 members (excludes halogenated alkanes) is 6. The first-order valence-electron chi connectivity index (χ1n) is 5.14. The number of hydrogen-bond acceptors (Lipinski definition) is 0. The molecule has 0 rings (SSSR count). The standard InChI is InChI=1S/C12H22/c1-3-5-7-9-11-12-10-8-6-4-2/h4,9,11H,1,3,5-8,10,12H2,2H3/b11-9+. The lowest BCUT2D eigenvalue weighted by molar-refractivity contribution is 0.736. The quantitative estimate of drug-likeness (QED) is 0.372. The molecular weight excluding hydrogens is 144 g/mol. The summed E-state index contributed by atoms with van der Waals surface area (Å²) in [6.07, 6.45) is 15.6. The molecular formula is C12H22. The van der Waals surface area contributed by atoms with Crippen molar-refractivity contribution in [3.05, 3.63) is 25.5 Å². The molecule has 0 N–H and O–H groups in total.